The van der Waals surface area contributed by atoms with Crippen molar-refractivity contribution in [2.24, 2.45) is 0 Å². The first-order chi connectivity index (χ1) is 10.7. The first kappa shape index (κ1) is 13.9. The quantitative estimate of drug-likeness (QED) is 0.743. The molecule has 0 radical (unpaired) electrons. The van der Waals surface area contributed by atoms with E-state index in [9.17, 15) is 9.59 Å². The second-order valence-corrected chi connectivity index (χ2v) is 4.50. The summed E-state index contributed by atoms with van der Waals surface area (Å²) in [6.07, 6.45) is 3.00. The summed E-state index contributed by atoms with van der Waals surface area (Å²) in [6.45, 7) is -0.155. The topological polar surface area (TPSA) is 94.4 Å². The number of H-pyrrole nitrogens is 1. The van der Waals surface area contributed by atoms with Crippen LogP contribution in [0.1, 0.15) is 26.5 Å². The molecule has 7 nitrogen and oxygen atoms in total. The zero-order valence-electron chi connectivity index (χ0n) is 11.7. The third-order valence-electron chi connectivity index (χ3n) is 3.16. The molecule has 7 heteroatoms. The summed E-state index contributed by atoms with van der Waals surface area (Å²) in [5.41, 5.74) is 1.35. The summed E-state index contributed by atoms with van der Waals surface area (Å²) in [5, 5.41) is 7.56. The van der Waals surface area contributed by atoms with Gasteiger partial charge in [-0.05, 0) is 18.2 Å². The summed E-state index contributed by atoms with van der Waals surface area (Å²) in [4.78, 5) is 23.5. The van der Waals surface area contributed by atoms with Gasteiger partial charge in [0.2, 0.25) is 0 Å². The van der Waals surface area contributed by atoms with Crippen molar-refractivity contribution in [2.75, 3.05) is 7.11 Å². The Morgan fingerprint density at radius 3 is 2.95 bits per heavy atom. The molecule has 1 aromatic carbocycles. The molecular weight excluding hydrogens is 288 g/mol. The molecule has 0 spiro atoms. The van der Waals surface area contributed by atoms with Crippen LogP contribution in [-0.2, 0) is 16.1 Å². The molecular formula is C15H12N2O5. The summed E-state index contributed by atoms with van der Waals surface area (Å²) in [7, 11) is 1.27. The van der Waals surface area contributed by atoms with E-state index in [0.717, 1.165) is 10.9 Å². The number of aromatic nitrogens is 2. The van der Waals surface area contributed by atoms with E-state index in [1.54, 1.807) is 24.4 Å². The number of aromatic amines is 1. The van der Waals surface area contributed by atoms with Gasteiger partial charge in [0.05, 0.1) is 30.6 Å². The van der Waals surface area contributed by atoms with Crippen LogP contribution in [0.4, 0.5) is 0 Å². The highest BCUT2D eigenvalue weighted by atomic mass is 16.5. The van der Waals surface area contributed by atoms with Gasteiger partial charge in [-0.1, -0.05) is 6.07 Å². The first-order valence-electron chi connectivity index (χ1n) is 6.44. The van der Waals surface area contributed by atoms with Gasteiger partial charge in [-0.25, -0.2) is 9.59 Å². The minimum atomic E-state index is -0.543. The normalized spacial score (nSPS) is 10.6. The van der Waals surface area contributed by atoms with Crippen molar-refractivity contribution in [3.8, 4) is 0 Å². The Morgan fingerprint density at radius 2 is 2.14 bits per heavy atom. The lowest BCUT2D eigenvalue weighted by Gasteiger charge is -2.04. The molecule has 0 saturated heterocycles. The fraction of sp³-hybridized carbons (Fsp3) is 0.133. The minimum Gasteiger partial charge on any atom is -0.465 e. The number of methoxy groups -OCH3 is 1. The van der Waals surface area contributed by atoms with Gasteiger partial charge < -0.3 is 13.9 Å². The third kappa shape index (κ3) is 2.56. The maximum atomic E-state index is 12.0. The Kier molecular flexibility index (Phi) is 3.61. The van der Waals surface area contributed by atoms with Gasteiger partial charge in [0, 0.05) is 5.39 Å². The molecule has 0 amide bonds. The van der Waals surface area contributed by atoms with Crippen molar-refractivity contribution in [2.45, 2.75) is 6.61 Å². The molecule has 2 heterocycles. The number of rotatable bonds is 4. The van der Waals surface area contributed by atoms with E-state index in [0.29, 0.717) is 5.56 Å². The summed E-state index contributed by atoms with van der Waals surface area (Å²) in [6, 6.07) is 6.52. The highest BCUT2D eigenvalue weighted by Crippen LogP contribution is 2.16. The molecule has 0 atom stereocenters. The Labute approximate surface area is 124 Å². The van der Waals surface area contributed by atoms with E-state index < -0.39 is 11.9 Å². The molecule has 0 saturated carbocycles. The van der Waals surface area contributed by atoms with Crippen molar-refractivity contribution in [3.63, 3.8) is 0 Å². The molecule has 112 valence electrons. The molecule has 0 unspecified atom stereocenters. The van der Waals surface area contributed by atoms with Gasteiger partial charge in [0.1, 0.15) is 5.56 Å². The Hall–Kier alpha value is -3.09. The van der Waals surface area contributed by atoms with Gasteiger partial charge in [-0.15, -0.1) is 0 Å². The van der Waals surface area contributed by atoms with Crippen LogP contribution in [0, 0.1) is 0 Å². The Bertz CT molecular complexity index is 833. The number of nitrogens with one attached hydrogen (secondary N) is 1. The Morgan fingerprint density at radius 1 is 1.27 bits per heavy atom. The lowest BCUT2D eigenvalue weighted by Crippen LogP contribution is -2.08. The van der Waals surface area contributed by atoms with Crippen LogP contribution in [0.2, 0.25) is 0 Å². The fourth-order valence-electron chi connectivity index (χ4n) is 2.02. The molecule has 0 bridgehead atoms. The van der Waals surface area contributed by atoms with Gasteiger partial charge in [-0.2, -0.15) is 5.10 Å². The monoisotopic (exact) mass is 300 g/mol. The molecule has 1 N–H and O–H groups in total. The fourth-order valence-corrected chi connectivity index (χ4v) is 2.02. The van der Waals surface area contributed by atoms with Gasteiger partial charge in [0.25, 0.3) is 0 Å². The molecule has 0 aliphatic heterocycles. The molecule has 0 aliphatic carbocycles. The Balaban J connectivity index is 1.72. The van der Waals surface area contributed by atoms with Crippen molar-refractivity contribution in [1.29, 1.82) is 0 Å². The predicted octanol–water partition coefficient (Wildman–Crippen LogP) is 2.30. The standard InChI is InChI=1S/C15H12N2O5/c1-20-15(19)11-4-5-21-13(11)8-22-14(18)9-2-3-10-7-16-17-12(10)6-9/h2-7H,8H2,1H3,(H,16,17). The number of hydrogen-bond acceptors (Lipinski definition) is 6. The zero-order chi connectivity index (χ0) is 15.5. The van der Waals surface area contributed by atoms with Crippen LogP contribution in [-0.4, -0.2) is 29.2 Å². The van der Waals surface area contributed by atoms with Crippen LogP contribution in [0.5, 0.6) is 0 Å². The van der Waals surface area contributed by atoms with Gasteiger partial charge in [-0.3, -0.25) is 5.10 Å². The number of benzene rings is 1. The summed E-state index contributed by atoms with van der Waals surface area (Å²) >= 11 is 0. The predicted molar refractivity (Wildman–Crippen MR) is 75.3 cm³/mol. The molecule has 22 heavy (non-hydrogen) atoms. The number of nitrogens with zero attached hydrogens (tertiary/aromatic N) is 1. The van der Waals surface area contributed by atoms with Crippen LogP contribution in [0.15, 0.2) is 41.1 Å². The van der Waals surface area contributed by atoms with Gasteiger partial charge in [0.15, 0.2) is 12.4 Å². The molecule has 0 fully saturated rings. The number of ether oxygens (including phenoxy) is 2. The lowest BCUT2D eigenvalue weighted by molar-refractivity contribution is 0.0432. The highest BCUT2D eigenvalue weighted by molar-refractivity contribution is 5.94. The average Bonchev–Trinajstić information content (AvgIpc) is 3.19. The smallest absolute Gasteiger partial charge is 0.341 e. The first-order valence-corrected chi connectivity index (χ1v) is 6.44. The maximum absolute atomic E-state index is 12.0. The average molecular weight is 300 g/mol. The number of esters is 2. The SMILES string of the molecule is COC(=O)c1ccoc1COC(=O)c1ccc2cn[nH]c2c1. The summed E-state index contributed by atoms with van der Waals surface area (Å²) < 4.78 is 14.9. The largest absolute Gasteiger partial charge is 0.465 e. The number of carbonyl (C=O) groups is 2. The molecule has 3 rings (SSSR count). The minimum absolute atomic E-state index is 0.155. The molecule has 0 aliphatic rings. The van der Waals surface area contributed by atoms with Crippen LogP contribution in [0.3, 0.4) is 0 Å². The van der Waals surface area contributed by atoms with E-state index in [1.807, 2.05) is 0 Å². The highest BCUT2D eigenvalue weighted by Gasteiger charge is 2.17. The lowest BCUT2D eigenvalue weighted by atomic mass is 10.2. The van der Waals surface area contributed by atoms with Crippen LogP contribution >= 0.6 is 0 Å². The van der Waals surface area contributed by atoms with E-state index in [4.69, 9.17) is 9.15 Å². The second-order valence-electron chi connectivity index (χ2n) is 4.50. The number of furan rings is 1. The van der Waals surface area contributed by atoms with Crippen LogP contribution in [0.25, 0.3) is 10.9 Å². The third-order valence-corrected chi connectivity index (χ3v) is 3.16. The van der Waals surface area contributed by atoms with Crippen molar-refractivity contribution in [1.82, 2.24) is 10.2 Å². The van der Waals surface area contributed by atoms with Crippen molar-refractivity contribution >= 4 is 22.8 Å². The van der Waals surface area contributed by atoms with E-state index in [-0.39, 0.29) is 17.9 Å². The van der Waals surface area contributed by atoms with Crippen molar-refractivity contribution < 1.29 is 23.5 Å². The van der Waals surface area contributed by atoms with E-state index in [2.05, 4.69) is 14.9 Å². The van der Waals surface area contributed by atoms with E-state index >= 15 is 0 Å². The molecule has 3 aromatic rings. The van der Waals surface area contributed by atoms with E-state index in [1.165, 1.54) is 19.4 Å². The van der Waals surface area contributed by atoms with Gasteiger partial charge >= 0.3 is 11.9 Å². The second kappa shape index (κ2) is 5.72. The summed E-state index contributed by atoms with van der Waals surface area (Å²) in [5.74, 6) is -0.829. The van der Waals surface area contributed by atoms with Crippen molar-refractivity contribution in [3.05, 3.63) is 53.6 Å². The maximum Gasteiger partial charge on any atom is 0.341 e. The molecule has 2 aromatic heterocycles. The number of carbonyl (C=O) groups excluding carboxylic acids is 2. The zero-order valence-corrected chi connectivity index (χ0v) is 11.7. The number of hydrogen-bond donors (Lipinski definition) is 1. The number of fused-ring (bicyclic) bond motifs is 1. The van der Waals surface area contributed by atoms with Crippen LogP contribution < -0.4 is 0 Å².